The summed E-state index contributed by atoms with van der Waals surface area (Å²) in [5.41, 5.74) is -0.00555. The lowest BCUT2D eigenvalue weighted by molar-refractivity contribution is -0.140. The number of rotatable bonds is 6. The zero-order valence-electron chi connectivity index (χ0n) is 21.9. The maximum absolute atomic E-state index is 13.8. The Kier molecular flexibility index (Phi) is 7.57. The molecule has 0 unspecified atom stereocenters. The van der Waals surface area contributed by atoms with Gasteiger partial charge < -0.3 is 9.72 Å². The van der Waals surface area contributed by atoms with E-state index in [4.69, 9.17) is 0 Å². The average Bonchev–Trinajstić information content (AvgIpc) is 3.58. The van der Waals surface area contributed by atoms with Crippen LogP contribution >= 0.6 is 0 Å². The fourth-order valence-electron chi connectivity index (χ4n) is 4.16. The molecule has 3 heterocycles. The molecule has 3 aromatic heterocycles. The van der Waals surface area contributed by atoms with Crippen LogP contribution in [0.15, 0.2) is 84.3 Å². The van der Waals surface area contributed by atoms with E-state index in [-0.39, 0.29) is 33.8 Å². The molecule has 1 N–H and O–H groups in total. The fourth-order valence-corrected chi connectivity index (χ4v) is 5.58. The minimum atomic E-state index is -4.95. The van der Waals surface area contributed by atoms with Crippen molar-refractivity contribution in [2.24, 2.45) is 7.05 Å². The van der Waals surface area contributed by atoms with Gasteiger partial charge in [0.15, 0.2) is 9.84 Å². The number of carbonyl (C=O) groups excluding carboxylic acids is 1. The van der Waals surface area contributed by atoms with Gasteiger partial charge in [0.1, 0.15) is 11.5 Å². The largest absolute Gasteiger partial charge is 0.419 e. The van der Waals surface area contributed by atoms with Crippen LogP contribution in [-0.2, 0) is 35.4 Å². The van der Waals surface area contributed by atoms with Crippen molar-refractivity contribution in [1.29, 1.82) is 0 Å². The third-order valence-corrected chi connectivity index (χ3v) is 7.91. The zero-order valence-corrected chi connectivity index (χ0v) is 22.7. The van der Waals surface area contributed by atoms with Crippen molar-refractivity contribution in [2.45, 2.75) is 23.4 Å². The van der Waals surface area contributed by atoms with Gasteiger partial charge in [-0.15, -0.1) is 0 Å². The molecule has 214 valence electrons. The lowest BCUT2D eigenvalue weighted by Gasteiger charge is -2.10. The Morgan fingerprint density at radius 3 is 2.55 bits per heavy atom. The summed E-state index contributed by atoms with van der Waals surface area (Å²) >= 11 is 0. The van der Waals surface area contributed by atoms with Crippen molar-refractivity contribution in [2.75, 3.05) is 0 Å². The number of aromatic nitrogens is 4. The molecule has 0 saturated heterocycles. The molecule has 8 nitrogen and oxygen atoms in total. The highest BCUT2D eigenvalue weighted by Crippen LogP contribution is 2.32. The van der Waals surface area contributed by atoms with E-state index in [1.807, 2.05) is 0 Å². The third kappa shape index (κ3) is 6.34. The standard InChI is InChI=1S/C29H21F4N5O3S/c1-37-11-9-23(36-37)18-42(40,41)26-7-5-22(28(39)35-17-20-8-12-38-13-10-34-27(38)15-20)16-21(26)4-2-19-3-6-25(30)24(14-19)29(31,32)33/h3,5-16H,17-18H2,1H3,(H,35,39). The summed E-state index contributed by atoms with van der Waals surface area (Å²) in [4.78, 5) is 17.0. The number of alkyl halides is 3. The number of carbonyl (C=O) groups is 1. The minimum absolute atomic E-state index is 0.0769. The summed E-state index contributed by atoms with van der Waals surface area (Å²) in [5, 5.41) is 6.84. The van der Waals surface area contributed by atoms with Gasteiger partial charge in [-0.25, -0.2) is 17.8 Å². The van der Waals surface area contributed by atoms with Crippen LogP contribution in [0.4, 0.5) is 17.6 Å². The maximum Gasteiger partial charge on any atom is 0.419 e. The number of nitrogens with zero attached hydrogens (tertiary/aromatic N) is 4. The Morgan fingerprint density at radius 1 is 1.00 bits per heavy atom. The van der Waals surface area contributed by atoms with Gasteiger partial charge in [0.2, 0.25) is 0 Å². The highest BCUT2D eigenvalue weighted by Gasteiger charge is 2.34. The summed E-state index contributed by atoms with van der Waals surface area (Å²) in [7, 11) is -2.41. The van der Waals surface area contributed by atoms with Crippen LogP contribution in [-0.4, -0.2) is 33.5 Å². The number of fused-ring (bicyclic) bond motifs is 1. The van der Waals surface area contributed by atoms with Crippen molar-refractivity contribution in [3.63, 3.8) is 0 Å². The van der Waals surface area contributed by atoms with Gasteiger partial charge in [0.25, 0.3) is 5.91 Å². The van der Waals surface area contributed by atoms with E-state index in [9.17, 15) is 30.8 Å². The molecular formula is C29H21F4N5O3S. The number of sulfone groups is 1. The molecule has 0 bridgehead atoms. The van der Waals surface area contributed by atoms with E-state index in [0.717, 1.165) is 11.6 Å². The van der Waals surface area contributed by atoms with Crippen LogP contribution in [0.1, 0.15) is 38.3 Å². The second kappa shape index (κ2) is 11.1. The van der Waals surface area contributed by atoms with Gasteiger partial charge in [-0.1, -0.05) is 11.8 Å². The number of benzene rings is 2. The number of nitrogens with one attached hydrogen (secondary N) is 1. The molecule has 0 fully saturated rings. The molecule has 5 aromatic rings. The zero-order chi connectivity index (χ0) is 30.1. The molecular weight excluding hydrogens is 574 g/mol. The first-order valence-corrected chi connectivity index (χ1v) is 14.0. The van der Waals surface area contributed by atoms with Crippen molar-refractivity contribution in [3.05, 3.63) is 119 Å². The average molecular weight is 596 g/mol. The Labute approximate surface area is 237 Å². The quantitative estimate of drug-likeness (QED) is 0.230. The predicted octanol–water partition coefficient (Wildman–Crippen LogP) is 4.53. The second-order valence-electron chi connectivity index (χ2n) is 9.30. The van der Waals surface area contributed by atoms with Gasteiger partial charge in [-0.2, -0.15) is 18.3 Å². The van der Waals surface area contributed by atoms with Crippen molar-refractivity contribution in [1.82, 2.24) is 24.5 Å². The molecule has 5 rings (SSSR count). The number of pyridine rings is 1. The number of hydrogen-bond acceptors (Lipinski definition) is 5. The monoisotopic (exact) mass is 595 g/mol. The normalized spacial score (nSPS) is 11.7. The molecule has 0 atom stereocenters. The van der Waals surface area contributed by atoms with Crippen molar-refractivity contribution in [3.8, 4) is 11.8 Å². The first-order valence-electron chi connectivity index (χ1n) is 12.3. The van der Waals surface area contributed by atoms with Gasteiger partial charge in [0, 0.05) is 55.1 Å². The lowest BCUT2D eigenvalue weighted by atomic mass is 10.1. The molecule has 2 aromatic carbocycles. The summed E-state index contributed by atoms with van der Waals surface area (Å²) in [6.45, 7) is 0.152. The molecule has 0 radical (unpaired) electrons. The summed E-state index contributed by atoms with van der Waals surface area (Å²) in [6.07, 6.45) is 1.84. The summed E-state index contributed by atoms with van der Waals surface area (Å²) < 4.78 is 83.2. The smallest absolute Gasteiger partial charge is 0.348 e. The van der Waals surface area contributed by atoms with Crippen LogP contribution in [0.25, 0.3) is 5.65 Å². The predicted molar refractivity (Wildman–Crippen MR) is 144 cm³/mol. The number of amides is 1. The molecule has 0 saturated carbocycles. The summed E-state index contributed by atoms with van der Waals surface area (Å²) in [6, 6.07) is 11.1. The first kappa shape index (κ1) is 28.6. The van der Waals surface area contributed by atoms with E-state index in [1.54, 1.807) is 48.4 Å². The van der Waals surface area contributed by atoms with E-state index < -0.39 is 39.1 Å². The Balaban J connectivity index is 1.48. The lowest BCUT2D eigenvalue weighted by Crippen LogP contribution is -2.23. The SMILES string of the molecule is Cn1ccc(CS(=O)(=O)c2ccc(C(=O)NCc3ccn4ccnc4c3)cc2C#Cc2ccc(F)c(C(F)(F)F)c2)n1. The topological polar surface area (TPSA) is 98.4 Å². The van der Waals surface area contributed by atoms with E-state index in [1.165, 1.54) is 28.9 Å². The number of aryl methyl sites for hydroxylation is 1. The fraction of sp³-hybridized carbons (Fsp3) is 0.138. The molecule has 0 aliphatic rings. The molecule has 0 spiro atoms. The Hall–Kier alpha value is -4.96. The van der Waals surface area contributed by atoms with Crippen LogP contribution in [0, 0.1) is 17.7 Å². The van der Waals surface area contributed by atoms with E-state index >= 15 is 0 Å². The second-order valence-corrected chi connectivity index (χ2v) is 11.3. The molecule has 1 amide bonds. The molecule has 0 aliphatic heterocycles. The van der Waals surface area contributed by atoms with Crippen LogP contribution in [0.5, 0.6) is 0 Å². The Morgan fingerprint density at radius 2 is 1.81 bits per heavy atom. The highest BCUT2D eigenvalue weighted by molar-refractivity contribution is 7.90. The van der Waals surface area contributed by atoms with Crippen LogP contribution in [0.3, 0.4) is 0 Å². The number of imidazole rings is 1. The summed E-state index contributed by atoms with van der Waals surface area (Å²) in [5.74, 6) is 2.59. The van der Waals surface area contributed by atoms with Gasteiger partial charge in [-0.3, -0.25) is 9.48 Å². The number of halogens is 4. The van der Waals surface area contributed by atoms with Gasteiger partial charge >= 0.3 is 6.18 Å². The maximum atomic E-state index is 13.8. The molecule has 13 heteroatoms. The number of hydrogen-bond donors (Lipinski definition) is 1. The molecule has 0 aliphatic carbocycles. The first-order chi connectivity index (χ1) is 19.9. The van der Waals surface area contributed by atoms with Crippen LogP contribution in [0.2, 0.25) is 0 Å². The van der Waals surface area contributed by atoms with E-state index in [2.05, 4.69) is 27.2 Å². The molecule has 42 heavy (non-hydrogen) atoms. The van der Waals surface area contributed by atoms with Crippen molar-refractivity contribution < 1.29 is 30.8 Å². The Bertz CT molecular complexity index is 1990. The van der Waals surface area contributed by atoms with E-state index in [0.29, 0.717) is 17.8 Å². The van der Waals surface area contributed by atoms with Crippen molar-refractivity contribution >= 4 is 21.4 Å². The third-order valence-electron chi connectivity index (χ3n) is 6.21. The minimum Gasteiger partial charge on any atom is -0.348 e. The van der Waals surface area contributed by atoms with Crippen LogP contribution < -0.4 is 5.32 Å². The van der Waals surface area contributed by atoms with Gasteiger partial charge in [0.05, 0.1) is 21.9 Å². The highest BCUT2D eigenvalue weighted by atomic mass is 32.2. The van der Waals surface area contributed by atoms with Gasteiger partial charge in [-0.05, 0) is 60.2 Å².